The van der Waals surface area contributed by atoms with Gasteiger partial charge in [0, 0.05) is 24.6 Å². The molecule has 0 radical (unpaired) electrons. The zero-order valence-corrected chi connectivity index (χ0v) is 8.70. The minimum atomic E-state index is -0.0383. The summed E-state index contributed by atoms with van der Waals surface area (Å²) in [7, 11) is 0. The number of hydrogen-bond donors (Lipinski definition) is 1. The van der Waals surface area contributed by atoms with Crippen molar-refractivity contribution in [3.05, 3.63) is 18.1 Å². The molecule has 0 bridgehead atoms. The second-order valence-electron chi connectivity index (χ2n) is 3.13. The van der Waals surface area contributed by atoms with E-state index in [-0.39, 0.29) is 6.61 Å². The molecule has 1 N–H and O–H groups in total. The van der Waals surface area contributed by atoms with Crippen LogP contribution in [-0.4, -0.2) is 39.7 Å². The number of hydrogen-bond acceptors (Lipinski definition) is 5. The summed E-state index contributed by atoms with van der Waals surface area (Å²) < 4.78 is 0. The fourth-order valence-electron chi connectivity index (χ4n) is 1.42. The molecular weight excluding hydrogens is 198 g/mol. The third-order valence-electron chi connectivity index (χ3n) is 2.17. The summed E-state index contributed by atoms with van der Waals surface area (Å²) >= 11 is 1.96. The fraction of sp³-hybridized carbons (Fsp3) is 0.556. The highest BCUT2D eigenvalue weighted by Gasteiger charge is 2.12. The van der Waals surface area contributed by atoms with Crippen LogP contribution in [0.1, 0.15) is 5.69 Å². The van der Waals surface area contributed by atoms with E-state index in [4.69, 9.17) is 5.11 Å². The molecule has 1 aromatic rings. The van der Waals surface area contributed by atoms with E-state index in [1.807, 2.05) is 11.8 Å². The van der Waals surface area contributed by atoms with Crippen molar-refractivity contribution in [2.24, 2.45) is 0 Å². The number of aliphatic hydroxyl groups is 1. The highest BCUT2D eigenvalue weighted by atomic mass is 32.2. The SMILES string of the molecule is OCc1cncc(N2CCSCC2)n1. The van der Waals surface area contributed by atoms with Crippen LogP contribution in [0.4, 0.5) is 5.82 Å². The largest absolute Gasteiger partial charge is 0.390 e. The van der Waals surface area contributed by atoms with Crippen molar-refractivity contribution in [3.63, 3.8) is 0 Å². The second-order valence-corrected chi connectivity index (χ2v) is 4.35. The Kier molecular flexibility index (Phi) is 3.21. The summed E-state index contributed by atoms with van der Waals surface area (Å²) in [6, 6.07) is 0. The Bertz CT molecular complexity index is 302. The van der Waals surface area contributed by atoms with Crippen molar-refractivity contribution in [2.45, 2.75) is 6.61 Å². The standard InChI is InChI=1S/C9H13N3OS/c13-7-8-5-10-6-9(11-8)12-1-3-14-4-2-12/h5-6,13H,1-4,7H2. The maximum absolute atomic E-state index is 8.94. The molecule has 5 heteroatoms. The molecule has 2 heterocycles. The van der Waals surface area contributed by atoms with Gasteiger partial charge in [-0.05, 0) is 0 Å². The van der Waals surface area contributed by atoms with Crippen molar-refractivity contribution in [1.29, 1.82) is 0 Å². The molecule has 1 fully saturated rings. The first-order valence-electron chi connectivity index (χ1n) is 4.64. The molecule has 0 atom stereocenters. The normalized spacial score (nSPS) is 17.1. The lowest BCUT2D eigenvalue weighted by Crippen LogP contribution is -2.33. The van der Waals surface area contributed by atoms with Gasteiger partial charge in [0.15, 0.2) is 0 Å². The highest BCUT2D eigenvalue weighted by Crippen LogP contribution is 2.16. The monoisotopic (exact) mass is 211 g/mol. The van der Waals surface area contributed by atoms with Crippen LogP contribution in [0.3, 0.4) is 0 Å². The van der Waals surface area contributed by atoms with Gasteiger partial charge in [-0.15, -0.1) is 0 Å². The first-order valence-corrected chi connectivity index (χ1v) is 5.80. The Balaban J connectivity index is 2.13. The second kappa shape index (κ2) is 4.61. The molecule has 0 aromatic carbocycles. The number of thioether (sulfide) groups is 1. The van der Waals surface area contributed by atoms with Crippen molar-refractivity contribution < 1.29 is 5.11 Å². The molecule has 0 saturated carbocycles. The average molecular weight is 211 g/mol. The Morgan fingerprint density at radius 2 is 2.14 bits per heavy atom. The van der Waals surface area contributed by atoms with Crippen molar-refractivity contribution >= 4 is 17.6 Å². The van der Waals surface area contributed by atoms with Crippen LogP contribution in [0.5, 0.6) is 0 Å². The van der Waals surface area contributed by atoms with E-state index < -0.39 is 0 Å². The molecule has 2 rings (SSSR count). The third-order valence-corrected chi connectivity index (χ3v) is 3.11. The molecule has 0 aliphatic carbocycles. The van der Waals surface area contributed by atoms with Gasteiger partial charge in [-0.1, -0.05) is 0 Å². The first-order chi connectivity index (χ1) is 6.90. The number of anilines is 1. The summed E-state index contributed by atoms with van der Waals surface area (Å²) in [5.41, 5.74) is 0.640. The Morgan fingerprint density at radius 3 is 2.86 bits per heavy atom. The van der Waals surface area contributed by atoms with E-state index in [0.717, 1.165) is 30.4 Å². The van der Waals surface area contributed by atoms with Crippen LogP contribution in [0, 0.1) is 0 Å². The van der Waals surface area contributed by atoms with Gasteiger partial charge in [0.05, 0.1) is 24.7 Å². The lowest BCUT2D eigenvalue weighted by molar-refractivity contribution is 0.276. The Hall–Kier alpha value is -0.810. The van der Waals surface area contributed by atoms with Gasteiger partial charge >= 0.3 is 0 Å². The molecule has 76 valence electrons. The molecule has 4 nitrogen and oxygen atoms in total. The smallest absolute Gasteiger partial charge is 0.147 e. The quantitative estimate of drug-likeness (QED) is 0.773. The summed E-state index contributed by atoms with van der Waals surface area (Å²) in [6.07, 6.45) is 3.36. The molecule has 1 aliphatic heterocycles. The lowest BCUT2D eigenvalue weighted by Gasteiger charge is -2.27. The maximum Gasteiger partial charge on any atom is 0.147 e. The van der Waals surface area contributed by atoms with Gasteiger partial charge < -0.3 is 10.0 Å². The van der Waals surface area contributed by atoms with Crippen LogP contribution in [-0.2, 0) is 6.61 Å². The van der Waals surface area contributed by atoms with Gasteiger partial charge in [-0.3, -0.25) is 4.98 Å². The zero-order chi connectivity index (χ0) is 9.80. The number of rotatable bonds is 2. The summed E-state index contributed by atoms with van der Waals surface area (Å²) in [5, 5.41) is 8.94. The van der Waals surface area contributed by atoms with E-state index in [1.165, 1.54) is 0 Å². The van der Waals surface area contributed by atoms with E-state index in [0.29, 0.717) is 5.69 Å². The number of nitrogens with zero attached hydrogens (tertiary/aromatic N) is 3. The van der Waals surface area contributed by atoms with E-state index in [2.05, 4.69) is 14.9 Å². The van der Waals surface area contributed by atoms with E-state index >= 15 is 0 Å². The van der Waals surface area contributed by atoms with Gasteiger partial charge in [-0.2, -0.15) is 11.8 Å². The fourth-order valence-corrected chi connectivity index (χ4v) is 2.32. The zero-order valence-electron chi connectivity index (χ0n) is 7.89. The highest BCUT2D eigenvalue weighted by molar-refractivity contribution is 7.99. The minimum Gasteiger partial charge on any atom is -0.390 e. The van der Waals surface area contributed by atoms with Crippen LogP contribution in [0.2, 0.25) is 0 Å². The molecule has 1 aromatic heterocycles. The van der Waals surface area contributed by atoms with Gasteiger partial charge in [0.25, 0.3) is 0 Å². The molecule has 0 unspecified atom stereocenters. The first kappa shape index (κ1) is 9.73. The molecule has 1 saturated heterocycles. The molecular formula is C9H13N3OS. The molecule has 0 spiro atoms. The van der Waals surface area contributed by atoms with E-state index in [9.17, 15) is 0 Å². The molecule has 14 heavy (non-hydrogen) atoms. The van der Waals surface area contributed by atoms with E-state index in [1.54, 1.807) is 12.4 Å². The Morgan fingerprint density at radius 1 is 1.36 bits per heavy atom. The topological polar surface area (TPSA) is 49.3 Å². The van der Waals surface area contributed by atoms with Gasteiger partial charge in [-0.25, -0.2) is 4.98 Å². The van der Waals surface area contributed by atoms with Crippen LogP contribution >= 0.6 is 11.8 Å². The summed E-state index contributed by atoms with van der Waals surface area (Å²) in [6.45, 7) is 2.01. The van der Waals surface area contributed by atoms with Gasteiger partial charge in [0.1, 0.15) is 5.82 Å². The predicted molar refractivity (Wildman–Crippen MR) is 57.5 cm³/mol. The number of aromatic nitrogens is 2. The lowest BCUT2D eigenvalue weighted by atomic mass is 10.4. The third kappa shape index (κ3) is 2.16. The van der Waals surface area contributed by atoms with Crippen molar-refractivity contribution in [3.8, 4) is 0 Å². The van der Waals surface area contributed by atoms with Crippen LogP contribution in [0.15, 0.2) is 12.4 Å². The molecule has 1 aliphatic rings. The summed E-state index contributed by atoms with van der Waals surface area (Å²) in [5.74, 6) is 3.17. The van der Waals surface area contributed by atoms with Crippen molar-refractivity contribution in [2.75, 3.05) is 29.5 Å². The van der Waals surface area contributed by atoms with Crippen LogP contribution < -0.4 is 4.90 Å². The minimum absolute atomic E-state index is 0.0383. The predicted octanol–water partition coefficient (Wildman–Crippen LogP) is 0.522. The number of aliphatic hydroxyl groups excluding tert-OH is 1. The average Bonchev–Trinajstić information content (AvgIpc) is 2.30. The molecule has 0 amide bonds. The van der Waals surface area contributed by atoms with Gasteiger partial charge in [0.2, 0.25) is 0 Å². The Labute approximate surface area is 87.4 Å². The summed E-state index contributed by atoms with van der Waals surface area (Å²) in [4.78, 5) is 10.6. The van der Waals surface area contributed by atoms with Crippen LogP contribution in [0.25, 0.3) is 0 Å². The maximum atomic E-state index is 8.94. The van der Waals surface area contributed by atoms with Crippen molar-refractivity contribution in [1.82, 2.24) is 9.97 Å².